The zero-order valence-corrected chi connectivity index (χ0v) is 28.5. The molecule has 0 aromatic heterocycles. The number of fused-ring (bicyclic) bond motifs is 2. The Balaban J connectivity index is 1.36. The molecular weight excluding hydrogens is 608 g/mol. The predicted molar refractivity (Wildman–Crippen MR) is 180 cm³/mol. The summed E-state index contributed by atoms with van der Waals surface area (Å²) in [5, 5.41) is 0.606. The smallest absolute Gasteiger partial charge is 0.263 e. The van der Waals surface area contributed by atoms with Gasteiger partial charge in [0, 0.05) is 35.5 Å². The van der Waals surface area contributed by atoms with Crippen LogP contribution in [0.4, 0.5) is 5.69 Å². The van der Waals surface area contributed by atoms with Crippen molar-refractivity contribution < 1.29 is 23.2 Å². The van der Waals surface area contributed by atoms with E-state index in [4.69, 9.17) is 25.8 Å². The summed E-state index contributed by atoms with van der Waals surface area (Å²) in [6.45, 7) is 10.0. The monoisotopic (exact) mass is 656 g/mol. The second kappa shape index (κ2) is 14.7. The van der Waals surface area contributed by atoms with Gasteiger partial charge >= 0.3 is 0 Å². The first-order valence-electron chi connectivity index (χ1n) is 17.1. The van der Waals surface area contributed by atoms with Crippen LogP contribution in [0.1, 0.15) is 93.1 Å². The SMILES string of the molecule is CCCc1cc(Cl)ccc1C1COc2ccc3cc2N(C1)CC1CCC1[C@H](C1OCCCO1)CCCC(C)[C@H](C)S(=O)NC3=O. The van der Waals surface area contributed by atoms with Crippen molar-refractivity contribution >= 4 is 34.2 Å². The highest BCUT2D eigenvalue weighted by molar-refractivity contribution is 7.84. The van der Waals surface area contributed by atoms with Crippen molar-refractivity contribution in [2.75, 3.05) is 37.8 Å². The van der Waals surface area contributed by atoms with E-state index in [2.05, 4.69) is 35.6 Å². The lowest BCUT2D eigenvalue weighted by molar-refractivity contribution is -0.224. The van der Waals surface area contributed by atoms with Crippen LogP contribution in [0.25, 0.3) is 0 Å². The fourth-order valence-corrected chi connectivity index (χ4v) is 9.03. The van der Waals surface area contributed by atoms with Crippen molar-refractivity contribution in [3.05, 3.63) is 58.1 Å². The van der Waals surface area contributed by atoms with Crippen LogP contribution in [-0.2, 0) is 26.9 Å². The third-order valence-electron chi connectivity index (χ3n) is 10.7. The van der Waals surface area contributed by atoms with Crippen molar-refractivity contribution in [2.24, 2.45) is 23.7 Å². The molecule has 2 fully saturated rings. The Morgan fingerprint density at radius 1 is 0.978 bits per heavy atom. The van der Waals surface area contributed by atoms with Gasteiger partial charge < -0.3 is 19.1 Å². The third kappa shape index (κ3) is 7.39. The van der Waals surface area contributed by atoms with E-state index in [9.17, 15) is 9.00 Å². The maximum atomic E-state index is 13.4. The largest absolute Gasteiger partial charge is 0.491 e. The molecule has 1 saturated carbocycles. The highest BCUT2D eigenvalue weighted by Crippen LogP contribution is 2.47. The molecule has 2 aromatic carbocycles. The number of anilines is 1. The Hall–Kier alpha value is -2.13. The van der Waals surface area contributed by atoms with Gasteiger partial charge in [0.2, 0.25) is 0 Å². The standard InChI is InChI=1S/C36H49ClN2O5S/c1-4-7-25-18-29(37)12-14-30(25)28-21-39-20-27-10-13-31(27)32(36-42-16-6-17-43-36)9-5-8-23(2)24(3)45(41)38-35(40)26-11-15-34(44-22-28)33(39)19-26/h11-12,14-15,18-19,23-24,27-28,31-32,36H,4-10,13,16-17,20-22H2,1-3H3,(H,38,40)/t23?,24-,27?,28?,31?,32+,45?/m0/s1. The van der Waals surface area contributed by atoms with Crippen LogP contribution in [0.2, 0.25) is 5.02 Å². The van der Waals surface area contributed by atoms with Crippen LogP contribution in [0.15, 0.2) is 36.4 Å². The molecule has 2 bridgehead atoms. The predicted octanol–water partition coefficient (Wildman–Crippen LogP) is 7.28. The number of aryl methyl sites for hydroxylation is 1. The van der Waals surface area contributed by atoms with Gasteiger partial charge in [-0.25, -0.2) is 4.21 Å². The average Bonchev–Trinajstić information content (AvgIpc) is 3.21. The summed E-state index contributed by atoms with van der Waals surface area (Å²) < 4.78 is 35.1. The van der Waals surface area contributed by atoms with Crippen molar-refractivity contribution in [3.63, 3.8) is 0 Å². The molecule has 0 spiro atoms. The topological polar surface area (TPSA) is 77.1 Å². The highest BCUT2D eigenvalue weighted by Gasteiger charge is 2.43. The van der Waals surface area contributed by atoms with Gasteiger partial charge in [-0.15, -0.1) is 0 Å². The van der Waals surface area contributed by atoms with E-state index in [1.807, 2.05) is 25.1 Å². The molecule has 9 heteroatoms. The number of nitrogens with zero attached hydrogens (tertiary/aromatic N) is 1. The van der Waals surface area contributed by atoms with Gasteiger partial charge in [-0.05, 0) is 105 Å². The molecule has 7 atom stereocenters. The number of halogens is 1. The molecule has 2 aromatic rings. The number of hydrogen-bond donors (Lipinski definition) is 1. The fraction of sp³-hybridized carbons (Fsp3) is 0.639. The molecule has 7 nitrogen and oxygen atoms in total. The van der Waals surface area contributed by atoms with Crippen LogP contribution in [0, 0.1) is 23.7 Å². The Kier molecular flexibility index (Phi) is 10.7. The molecule has 3 heterocycles. The highest BCUT2D eigenvalue weighted by atomic mass is 35.5. The lowest BCUT2D eigenvalue weighted by Gasteiger charge is -2.47. The van der Waals surface area contributed by atoms with Gasteiger partial charge in [-0.2, -0.15) is 0 Å². The second-order valence-electron chi connectivity index (χ2n) is 13.7. The van der Waals surface area contributed by atoms with Gasteiger partial charge in [-0.1, -0.05) is 44.4 Å². The van der Waals surface area contributed by atoms with Crippen LogP contribution < -0.4 is 14.4 Å². The molecule has 1 saturated heterocycles. The van der Waals surface area contributed by atoms with Gasteiger partial charge in [0.25, 0.3) is 5.91 Å². The van der Waals surface area contributed by atoms with Crippen molar-refractivity contribution in [2.45, 2.75) is 89.6 Å². The number of carbonyl (C=O) groups is 1. The van der Waals surface area contributed by atoms with E-state index in [1.165, 1.54) is 24.0 Å². The minimum Gasteiger partial charge on any atom is -0.491 e. The molecule has 1 amide bonds. The molecule has 4 aliphatic rings. The van der Waals surface area contributed by atoms with Crippen molar-refractivity contribution in [1.29, 1.82) is 0 Å². The first kappa shape index (κ1) is 32.8. The van der Waals surface area contributed by atoms with Crippen molar-refractivity contribution in [3.8, 4) is 5.75 Å². The Morgan fingerprint density at radius 3 is 2.56 bits per heavy atom. The molecule has 6 rings (SSSR count). The Bertz CT molecular complexity index is 1370. The Labute approximate surface area is 276 Å². The summed E-state index contributed by atoms with van der Waals surface area (Å²) in [6, 6.07) is 11.9. The molecule has 1 aliphatic carbocycles. The van der Waals surface area contributed by atoms with Crippen LogP contribution in [0.5, 0.6) is 5.75 Å². The van der Waals surface area contributed by atoms with E-state index >= 15 is 0 Å². The van der Waals surface area contributed by atoms with E-state index in [0.29, 0.717) is 29.9 Å². The summed E-state index contributed by atoms with van der Waals surface area (Å²) in [5.74, 6) is 2.17. The molecule has 5 unspecified atom stereocenters. The summed E-state index contributed by atoms with van der Waals surface area (Å²) in [7, 11) is -1.49. The maximum absolute atomic E-state index is 13.4. The van der Waals surface area contributed by atoms with Gasteiger partial charge in [0.15, 0.2) is 6.29 Å². The summed E-state index contributed by atoms with van der Waals surface area (Å²) in [5.41, 5.74) is 4.00. The minimum absolute atomic E-state index is 0.147. The molecule has 1 N–H and O–H groups in total. The second-order valence-corrected chi connectivity index (χ2v) is 15.6. The number of amides is 1. The summed E-state index contributed by atoms with van der Waals surface area (Å²) >= 11 is 6.45. The third-order valence-corrected chi connectivity index (χ3v) is 12.5. The normalized spacial score (nSPS) is 31.6. The van der Waals surface area contributed by atoms with E-state index in [1.54, 1.807) is 6.07 Å². The maximum Gasteiger partial charge on any atom is 0.263 e. The van der Waals surface area contributed by atoms with E-state index in [0.717, 1.165) is 81.3 Å². The minimum atomic E-state index is -1.49. The van der Waals surface area contributed by atoms with Crippen molar-refractivity contribution in [1.82, 2.24) is 4.72 Å². The quantitative estimate of drug-likeness (QED) is 0.373. The lowest BCUT2D eigenvalue weighted by atomic mass is 9.65. The van der Waals surface area contributed by atoms with E-state index < -0.39 is 11.0 Å². The Morgan fingerprint density at radius 2 is 1.80 bits per heavy atom. The first-order chi connectivity index (χ1) is 21.8. The molecule has 0 radical (unpaired) electrons. The van der Waals surface area contributed by atoms with E-state index in [-0.39, 0.29) is 29.3 Å². The number of nitrogens with one attached hydrogen (secondary N) is 1. The molecule has 45 heavy (non-hydrogen) atoms. The molecular formula is C36H49ClN2O5S. The van der Waals surface area contributed by atoms with Gasteiger partial charge in [-0.3, -0.25) is 9.52 Å². The van der Waals surface area contributed by atoms with Gasteiger partial charge in [0.05, 0.1) is 30.8 Å². The van der Waals surface area contributed by atoms with Crippen LogP contribution in [0.3, 0.4) is 0 Å². The summed E-state index contributed by atoms with van der Waals surface area (Å²) in [4.78, 5) is 15.9. The summed E-state index contributed by atoms with van der Waals surface area (Å²) in [6.07, 6.45) is 8.14. The number of rotatable bonds is 4. The average molecular weight is 657 g/mol. The number of benzene rings is 2. The van der Waals surface area contributed by atoms with Gasteiger partial charge in [0.1, 0.15) is 16.7 Å². The number of ether oxygens (including phenoxy) is 3. The lowest BCUT2D eigenvalue weighted by Crippen LogP contribution is -2.47. The number of carbonyl (C=O) groups excluding carboxylic acids is 1. The first-order valence-corrected chi connectivity index (χ1v) is 18.7. The van der Waals surface area contributed by atoms with Crippen LogP contribution >= 0.6 is 11.6 Å². The fourth-order valence-electron chi connectivity index (χ4n) is 7.79. The number of hydrogen-bond acceptors (Lipinski definition) is 6. The zero-order chi connectivity index (χ0) is 31.5. The molecule has 246 valence electrons. The van der Waals surface area contributed by atoms with Crippen LogP contribution in [-0.4, -0.2) is 54.6 Å². The zero-order valence-electron chi connectivity index (χ0n) is 27.0. The molecule has 3 aliphatic heterocycles.